The number of hydrogen-bond donors (Lipinski definition) is 1. The van der Waals surface area contributed by atoms with Gasteiger partial charge in [0.05, 0.1) is 17.5 Å². The van der Waals surface area contributed by atoms with Gasteiger partial charge in [0, 0.05) is 48.8 Å². The van der Waals surface area contributed by atoms with Crippen LogP contribution in [0.1, 0.15) is 25.8 Å². The van der Waals surface area contributed by atoms with Gasteiger partial charge in [-0.05, 0) is 31.2 Å². The number of aromatic nitrogens is 2. The first-order valence-electron chi connectivity index (χ1n) is 10.6. The molecule has 2 aromatic carbocycles. The number of anilines is 1. The second-order valence-electron chi connectivity index (χ2n) is 7.56. The minimum atomic E-state index is -0.590. The van der Waals surface area contributed by atoms with Gasteiger partial charge in [0.25, 0.3) is 0 Å². The number of hydrogen-bond acceptors (Lipinski definition) is 6. The predicted octanol–water partition coefficient (Wildman–Crippen LogP) is 3.02. The smallest absolute Gasteiger partial charge is 0.336 e. The molecule has 33 heavy (non-hydrogen) atoms. The molecule has 0 bridgehead atoms. The lowest BCUT2D eigenvalue weighted by molar-refractivity contribution is -0.145. The van der Waals surface area contributed by atoms with Crippen molar-refractivity contribution in [2.24, 2.45) is 0 Å². The van der Waals surface area contributed by atoms with Gasteiger partial charge in [-0.25, -0.2) is 9.59 Å². The maximum atomic E-state index is 12.7. The molecule has 0 fully saturated rings. The summed E-state index contributed by atoms with van der Waals surface area (Å²) in [6.45, 7) is 3.87. The molecule has 0 radical (unpaired) electrons. The summed E-state index contributed by atoms with van der Waals surface area (Å²) < 4.78 is 13.8. The van der Waals surface area contributed by atoms with Crippen LogP contribution in [0.25, 0.3) is 22.0 Å². The van der Waals surface area contributed by atoms with Crippen LogP contribution >= 0.6 is 0 Å². The maximum absolute atomic E-state index is 12.7. The summed E-state index contributed by atoms with van der Waals surface area (Å²) in [4.78, 5) is 48.3. The van der Waals surface area contributed by atoms with Crippen molar-refractivity contribution in [2.45, 2.75) is 40.0 Å². The van der Waals surface area contributed by atoms with E-state index in [0.29, 0.717) is 23.2 Å². The summed E-state index contributed by atoms with van der Waals surface area (Å²) in [6, 6.07) is 13.6. The Bertz CT molecular complexity index is 1480. The number of ether oxygens (including phenoxy) is 1. The lowest BCUT2D eigenvalue weighted by atomic mass is 10.1. The molecule has 0 atom stereocenters. The van der Waals surface area contributed by atoms with Crippen molar-refractivity contribution in [2.75, 3.05) is 5.32 Å². The first-order valence-corrected chi connectivity index (χ1v) is 10.6. The number of carbonyl (C=O) groups is 2. The molecule has 170 valence electrons. The van der Waals surface area contributed by atoms with Gasteiger partial charge in [0.2, 0.25) is 5.91 Å². The SMILES string of the molecule is CCn1c(=O)n(CCC(=O)OCc2cc(=O)oc3cc(NC(C)=O)ccc23)c2ccccc21. The third kappa shape index (κ3) is 4.57. The van der Waals surface area contributed by atoms with Gasteiger partial charge in [-0.3, -0.25) is 18.7 Å². The monoisotopic (exact) mass is 449 g/mol. The summed E-state index contributed by atoms with van der Waals surface area (Å²) >= 11 is 0. The van der Waals surface area contributed by atoms with Gasteiger partial charge in [-0.2, -0.15) is 0 Å². The van der Waals surface area contributed by atoms with E-state index in [0.717, 1.165) is 11.0 Å². The van der Waals surface area contributed by atoms with Crippen molar-refractivity contribution in [3.8, 4) is 0 Å². The number of para-hydroxylation sites is 2. The number of carbonyl (C=O) groups excluding carboxylic acids is 2. The second kappa shape index (κ2) is 9.15. The maximum Gasteiger partial charge on any atom is 0.336 e. The van der Waals surface area contributed by atoms with Crippen LogP contribution in [0.5, 0.6) is 0 Å². The van der Waals surface area contributed by atoms with E-state index in [1.54, 1.807) is 27.3 Å². The molecule has 1 N–H and O–H groups in total. The van der Waals surface area contributed by atoms with E-state index in [9.17, 15) is 19.2 Å². The molecule has 0 saturated heterocycles. The third-order valence-electron chi connectivity index (χ3n) is 5.32. The van der Waals surface area contributed by atoms with E-state index in [1.165, 1.54) is 13.0 Å². The van der Waals surface area contributed by atoms with Gasteiger partial charge in [0.15, 0.2) is 0 Å². The quantitative estimate of drug-likeness (QED) is 0.343. The number of nitrogens with zero attached hydrogens (tertiary/aromatic N) is 2. The molecule has 0 unspecified atom stereocenters. The minimum Gasteiger partial charge on any atom is -0.461 e. The highest BCUT2D eigenvalue weighted by molar-refractivity contribution is 5.92. The molecule has 0 aliphatic heterocycles. The Labute approximate surface area is 188 Å². The summed E-state index contributed by atoms with van der Waals surface area (Å²) in [5, 5.41) is 3.22. The van der Waals surface area contributed by atoms with E-state index >= 15 is 0 Å². The Hall–Kier alpha value is -4.14. The fraction of sp³-hybridized carbons (Fsp3) is 0.250. The molecule has 2 heterocycles. The normalized spacial score (nSPS) is 11.1. The van der Waals surface area contributed by atoms with Crippen LogP contribution in [-0.2, 0) is 34.0 Å². The lowest BCUT2D eigenvalue weighted by Crippen LogP contribution is -2.25. The molecule has 4 rings (SSSR count). The molecule has 0 saturated carbocycles. The Morgan fingerprint density at radius 3 is 2.45 bits per heavy atom. The molecule has 9 nitrogen and oxygen atoms in total. The Morgan fingerprint density at radius 1 is 1.03 bits per heavy atom. The standard InChI is InChI=1S/C24H23N3O6/c1-3-26-19-6-4-5-7-20(19)27(24(26)31)11-10-22(29)32-14-16-12-23(30)33-21-13-17(25-15(2)28)8-9-18(16)21/h4-9,12-13H,3,10-11,14H2,1-2H3,(H,25,28). The zero-order valence-electron chi connectivity index (χ0n) is 18.3. The molecule has 9 heteroatoms. The number of aryl methyl sites for hydroxylation is 2. The highest BCUT2D eigenvalue weighted by Crippen LogP contribution is 2.22. The molecule has 2 aromatic heterocycles. The van der Waals surface area contributed by atoms with Gasteiger partial charge in [-0.15, -0.1) is 0 Å². The molecular weight excluding hydrogens is 426 g/mol. The van der Waals surface area contributed by atoms with Crippen LogP contribution in [0, 0.1) is 0 Å². The second-order valence-corrected chi connectivity index (χ2v) is 7.56. The van der Waals surface area contributed by atoms with Gasteiger partial charge < -0.3 is 14.5 Å². The highest BCUT2D eigenvalue weighted by Gasteiger charge is 2.14. The fourth-order valence-corrected chi connectivity index (χ4v) is 3.86. The molecule has 0 aliphatic carbocycles. The number of fused-ring (bicyclic) bond motifs is 2. The number of rotatable bonds is 7. The number of benzene rings is 2. The average molecular weight is 449 g/mol. The summed E-state index contributed by atoms with van der Waals surface area (Å²) in [5.41, 5.74) is 2.07. The first kappa shape index (κ1) is 22.1. The van der Waals surface area contributed by atoms with Crippen molar-refractivity contribution >= 4 is 39.6 Å². The number of amides is 1. The van der Waals surface area contributed by atoms with Crippen molar-refractivity contribution in [3.05, 3.63) is 75.0 Å². The summed E-state index contributed by atoms with van der Waals surface area (Å²) in [7, 11) is 0. The molecular formula is C24H23N3O6. The van der Waals surface area contributed by atoms with E-state index in [1.807, 2.05) is 31.2 Å². The topological polar surface area (TPSA) is 113 Å². The van der Waals surface area contributed by atoms with E-state index < -0.39 is 11.6 Å². The lowest BCUT2D eigenvalue weighted by Gasteiger charge is -2.09. The molecule has 0 aliphatic rings. The van der Waals surface area contributed by atoms with Crippen LogP contribution in [0.4, 0.5) is 5.69 Å². The van der Waals surface area contributed by atoms with Crippen molar-refractivity contribution in [1.29, 1.82) is 0 Å². The Kier molecular flexibility index (Phi) is 6.12. The van der Waals surface area contributed by atoms with E-state index in [2.05, 4.69) is 5.32 Å². The zero-order chi connectivity index (χ0) is 23.5. The molecule has 1 amide bonds. The number of imidazole rings is 1. The van der Waals surface area contributed by atoms with Crippen LogP contribution < -0.4 is 16.6 Å². The summed E-state index contributed by atoms with van der Waals surface area (Å²) in [5.74, 6) is -0.741. The van der Waals surface area contributed by atoms with E-state index in [4.69, 9.17) is 9.15 Å². The largest absolute Gasteiger partial charge is 0.461 e. The Balaban J connectivity index is 1.48. The highest BCUT2D eigenvalue weighted by atomic mass is 16.5. The van der Waals surface area contributed by atoms with Crippen LogP contribution in [0.2, 0.25) is 0 Å². The van der Waals surface area contributed by atoms with Crippen LogP contribution in [-0.4, -0.2) is 21.0 Å². The van der Waals surface area contributed by atoms with Crippen LogP contribution in [0.15, 0.2) is 62.5 Å². The van der Waals surface area contributed by atoms with Crippen molar-refractivity contribution in [1.82, 2.24) is 9.13 Å². The number of nitrogens with one attached hydrogen (secondary N) is 1. The van der Waals surface area contributed by atoms with Gasteiger partial charge in [0.1, 0.15) is 12.2 Å². The number of esters is 1. The first-order chi connectivity index (χ1) is 15.9. The minimum absolute atomic E-state index is 0.00365. The van der Waals surface area contributed by atoms with Crippen LogP contribution in [0.3, 0.4) is 0 Å². The zero-order valence-corrected chi connectivity index (χ0v) is 18.3. The fourth-order valence-electron chi connectivity index (χ4n) is 3.86. The van der Waals surface area contributed by atoms with Crippen molar-refractivity contribution in [3.63, 3.8) is 0 Å². The summed E-state index contributed by atoms with van der Waals surface area (Å²) in [6.07, 6.45) is 0.00365. The van der Waals surface area contributed by atoms with Crippen molar-refractivity contribution < 1.29 is 18.7 Å². The third-order valence-corrected chi connectivity index (χ3v) is 5.32. The molecule has 0 spiro atoms. The van der Waals surface area contributed by atoms with Gasteiger partial charge >= 0.3 is 17.3 Å². The predicted molar refractivity (Wildman–Crippen MR) is 123 cm³/mol. The Morgan fingerprint density at radius 2 is 1.76 bits per heavy atom. The van der Waals surface area contributed by atoms with Gasteiger partial charge in [-0.1, -0.05) is 12.1 Å². The van der Waals surface area contributed by atoms with E-state index in [-0.39, 0.29) is 36.8 Å². The average Bonchev–Trinajstić information content (AvgIpc) is 3.05. The molecule has 4 aromatic rings.